The summed E-state index contributed by atoms with van der Waals surface area (Å²) >= 11 is 0. The van der Waals surface area contributed by atoms with Crippen LogP contribution in [-0.4, -0.2) is 46.8 Å². The van der Waals surface area contributed by atoms with E-state index >= 15 is 0 Å². The zero-order chi connectivity index (χ0) is 11.8. The van der Waals surface area contributed by atoms with Crippen LogP contribution in [0.3, 0.4) is 0 Å². The molecule has 0 fully saturated rings. The summed E-state index contributed by atoms with van der Waals surface area (Å²) < 4.78 is 0. The largest absolute Gasteiger partial charge is 0.481 e. The van der Waals surface area contributed by atoms with Crippen molar-refractivity contribution in [2.75, 3.05) is 19.7 Å². The smallest absolute Gasteiger partial charge is 0.307 e. The number of aliphatic hydroxyl groups is 1. The van der Waals surface area contributed by atoms with Gasteiger partial charge in [-0.1, -0.05) is 13.8 Å². The maximum absolute atomic E-state index is 10.7. The maximum atomic E-state index is 10.7. The second kappa shape index (κ2) is 7.21. The quantitative estimate of drug-likeness (QED) is 0.595. The molecule has 0 heterocycles. The van der Waals surface area contributed by atoms with Gasteiger partial charge in [-0.15, -0.1) is 0 Å². The van der Waals surface area contributed by atoms with E-state index in [-0.39, 0.29) is 19.2 Å². The predicted molar refractivity (Wildman–Crippen MR) is 55.2 cm³/mol. The van der Waals surface area contributed by atoms with E-state index in [0.29, 0.717) is 13.0 Å². The lowest BCUT2D eigenvalue weighted by Crippen LogP contribution is -2.41. The van der Waals surface area contributed by atoms with Crippen molar-refractivity contribution in [1.29, 1.82) is 5.26 Å². The zero-order valence-electron chi connectivity index (χ0n) is 9.18. The molecule has 0 spiro atoms. The minimum atomic E-state index is -0.884. The third-order valence-corrected chi connectivity index (χ3v) is 2.40. The fourth-order valence-corrected chi connectivity index (χ4v) is 1.37. The summed E-state index contributed by atoms with van der Waals surface area (Å²) in [5.41, 5.74) is 0. The van der Waals surface area contributed by atoms with E-state index in [9.17, 15) is 4.79 Å². The van der Waals surface area contributed by atoms with Gasteiger partial charge in [0.05, 0.1) is 25.1 Å². The van der Waals surface area contributed by atoms with Crippen molar-refractivity contribution < 1.29 is 15.0 Å². The summed E-state index contributed by atoms with van der Waals surface area (Å²) in [5.74, 6) is -1.41. The fraction of sp³-hybridized carbons (Fsp3) is 0.800. The van der Waals surface area contributed by atoms with Gasteiger partial charge in [0.1, 0.15) is 0 Å². The summed E-state index contributed by atoms with van der Waals surface area (Å²) in [4.78, 5) is 12.4. The third-order valence-electron chi connectivity index (χ3n) is 2.40. The number of carbonyl (C=O) groups is 1. The molecule has 0 saturated carbocycles. The molecule has 86 valence electrons. The lowest BCUT2D eigenvalue weighted by molar-refractivity contribution is -0.142. The Balaban J connectivity index is 4.39. The highest BCUT2D eigenvalue weighted by atomic mass is 16.4. The van der Waals surface area contributed by atoms with Gasteiger partial charge in [-0.05, 0) is 6.42 Å². The number of aliphatic hydroxyl groups excluding tert-OH is 1. The van der Waals surface area contributed by atoms with Crippen LogP contribution in [0.5, 0.6) is 0 Å². The Bertz CT molecular complexity index is 233. The molecule has 2 N–H and O–H groups in total. The molecule has 0 amide bonds. The second-order valence-corrected chi connectivity index (χ2v) is 3.57. The number of nitriles is 1. The molecule has 2 atom stereocenters. The molecule has 0 aliphatic rings. The second-order valence-electron chi connectivity index (χ2n) is 3.57. The van der Waals surface area contributed by atoms with Crippen LogP contribution in [0, 0.1) is 17.2 Å². The monoisotopic (exact) mass is 214 g/mol. The Hall–Kier alpha value is -1.12. The maximum Gasteiger partial charge on any atom is 0.307 e. The van der Waals surface area contributed by atoms with Gasteiger partial charge < -0.3 is 10.2 Å². The zero-order valence-corrected chi connectivity index (χ0v) is 9.18. The first kappa shape index (κ1) is 13.9. The van der Waals surface area contributed by atoms with Gasteiger partial charge in [-0.3, -0.25) is 9.69 Å². The Morgan fingerprint density at radius 2 is 2.20 bits per heavy atom. The molecule has 0 radical (unpaired) electrons. The summed E-state index contributed by atoms with van der Waals surface area (Å²) in [6.07, 6.45) is 0.699. The molecular formula is C10H18N2O3. The lowest BCUT2D eigenvalue weighted by atomic mass is 10.1. The van der Waals surface area contributed by atoms with Gasteiger partial charge >= 0.3 is 5.97 Å². The van der Waals surface area contributed by atoms with Crippen LogP contribution in [-0.2, 0) is 4.79 Å². The minimum absolute atomic E-state index is 0.0511. The van der Waals surface area contributed by atoms with Crippen molar-refractivity contribution in [2.45, 2.75) is 26.3 Å². The van der Waals surface area contributed by atoms with E-state index in [1.165, 1.54) is 0 Å². The van der Waals surface area contributed by atoms with E-state index in [1.807, 2.05) is 13.0 Å². The topological polar surface area (TPSA) is 84.6 Å². The van der Waals surface area contributed by atoms with Gasteiger partial charge in [-0.2, -0.15) is 5.26 Å². The van der Waals surface area contributed by atoms with E-state index in [1.54, 1.807) is 11.8 Å². The molecule has 0 aliphatic heterocycles. The molecule has 0 aromatic carbocycles. The van der Waals surface area contributed by atoms with Crippen molar-refractivity contribution in [3.63, 3.8) is 0 Å². The van der Waals surface area contributed by atoms with Gasteiger partial charge in [0.15, 0.2) is 0 Å². The number of nitrogens with zero attached hydrogens (tertiary/aromatic N) is 2. The van der Waals surface area contributed by atoms with Gasteiger partial charge in [0, 0.05) is 12.6 Å². The van der Waals surface area contributed by atoms with Crippen molar-refractivity contribution in [1.82, 2.24) is 4.90 Å². The van der Waals surface area contributed by atoms with Gasteiger partial charge in [0.2, 0.25) is 0 Å². The standard InChI is InChI=1S/C10H18N2O3/c1-3-9(7-13)12(5-4-11)6-8(2)10(14)15/h8-9,13H,3,5-7H2,1-2H3,(H,14,15). The first-order chi connectivity index (χ1) is 7.06. The minimum Gasteiger partial charge on any atom is -0.481 e. The summed E-state index contributed by atoms with van der Waals surface area (Å²) in [5, 5.41) is 26.4. The Morgan fingerprint density at radius 1 is 1.60 bits per heavy atom. The molecule has 5 heteroatoms. The van der Waals surface area contributed by atoms with Crippen molar-refractivity contribution >= 4 is 5.97 Å². The Labute approximate surface area is 89.9 Å². The molecule has 2 unspecified atom stereocenters. The molecule has 0 aliphatic carbocycles. The van der Waals surface area contributed by atoms with E-state index in [0.717, 1.165) is 0 Å². The number of hydrogen-bond acceptors (Lipinski definition) is 4. The average molecular weight is 214 g/mol. The molecule has 0 aromatic heterocycles. The first-order valence-electron chi connectivity index (χ1n) is 5.01. The molecule has 0 rings (SSSR count). The van der Waals surface area contributed by atoms with Crippen LogP contribution < -0.4 is 0 Å². The van der Waals surface area contributed by atoms with Crippen LogP contribution >= 0.6 is 0 Å². The molecular weight excluding hydrogens is 196 g/mol. The van der Waals surface area contributed by atoms with Crippen molar-refractivity contribution in [3.05, 3.63) is 0 Å². The molecule has 5 nitrogen and oxygen atoms in total. The Kier molecular flexibility index (Phi) is 6.67. The fourth-order valence-electron chi connectivity index (χ4n) is 1.37. The highest BCUT2D eigenvalue weighted by molar-refractivity contribution is 5.69. The van der Waals surface area contributed by atoms with Crippen molar-refractivity contribution in [3.8, 4) is 6.07 Å². The number of hydrogen-bond donors (Lipinski definition) is 2. The number of aliphatic carboxylic acids is 1. The van der Waals surface area contributed by atoms with Crippen LogP contribution in [0.1, 0.15) is 20.3 Å². The van der Waals surface area contributed by atoms with Crippen molar-refractivity contribution in [2.24, 2.45) is 5.92 Å². The highest BCUT2D eigenvalue weighted by Gasteiger charge is 2.21. The van der Waals surface area contributed by atoms with E-state index < -0.39 is 11.9 Å². The summed E-state index contributed by atoms with van der Waals surface area (Å²) in [7, 11) is 0. The molecule has 0 saturated heterocycles. The SMILES string of the molecule is CCC(CO)N(CC#N)CC(C)C(=O)O. The molecule has 15 heavy (non-hydrogen) atoms. The normalized spacial score (nSPS) is 14.6. The molecule has 0 aromatic rings. The summed E-state index contributed by atoms with van der Waals surface area (Å²) in [6.45, 7) is 3.89. The van der Waals surface area contributed by atoms with Crippen LogP contribution in [0.15, 0.2) is 0 Å². The van der Waals surface area contributed by atoms with E-state index in [4.69, 9.17) is 15.5 Å². The average Bonchev–Trinajstić information content (AvgIpc) is 2.19. The van der Waals surface area contributed by atoms with Crippen LogP contribution in [0.2, 0.25) is 0 Å². The molecule has 0 bridgehead atoms. The highest BCUT2D eigenvalue weighted by Crippen LogP contribution is 2.07. The Morgan fingerprint density at radius 3 is 2.53 bits per heavy atom. The van der Waals surface area contributed by atoms with Gasteiger partial charge in [-0.25, -0.2) is 0 Å². The van der Waals surface area contributed by atoms with Crippen LogP contribution in [0.4, 0.5) is 0 Å². The van der Waals surface area contributed by atoms with E-state index in [2.05, 4.69) is 0 Å². The summed E-state index contributed by atoms with van der Waals surface area (Å²) in [6, 6.07) is 1.85. The third kappa shape index (κ3) is 4.77. The number of rotatable bonds is 7. The number of carboxylic acids is 1. The van der Waals surface area contributed by atoms with Gasteiger partial charge in [0.25, 0.3) is 0 Å². The predicted octanol–water partition coefficient (Wildman–Crippen LogP) is 0.304. The lowest BCUT2D eigenvalue weighted by Gasteiger charge is -2.28. The first-order valence-corrected chi connectivity index (χ1v) is 5.01. The van der Waals surface area contributed by atoms with Crippen LogP contribution in [0.25, 0.3) is 0 Å². The number of carboxylic acid groups (broad SMARTS) is 1.